The van der Waals surface area contributed by atoms with Crippen LogP contribution in [0.2, 0.25) is 5.02 Å². The predicted molar refractivity (Wildman–Crippen MR) is 80.6 cm³/mol. The van der Waals surface area contributed by atoms with E-state index in [1.807, 2.05) is 0 Å². The van der Waals surface area contributed by atoms with Crippen molar-refractivity contribution in [2.75, 3.05) is 0 Å². The lowest BCUT2D eigenvalue weighted by atomic mass is 9.85. The molecule has 3 heteroatoms. The summed E-state index contributed by atoms with van der Waals surface area (Å²) >= 11 is 12.5. The molecule has 0 radical (unpaired) electrons. The third kappa shape index (κ3) is 4.10. The Morgan fingerprint density at radius 3 is 2.63 bits per heavy atom. The monoisotopic (exact) mass is 302 g/mol. The summed E-state index contributed by atoms with van der Waals surface area (Å²) in [4.78, 5) is 0. The van der Waals surface area contributed by atoms with Crippen LogP contribution < -0.4 is 0 Å². The molecule has 1 atom stereocenters. The molecule has 0 nitrogen and oxygen atoms in total. The Bertz CT molecular complexity index is 425. The van der Waals surface area contributed by atoms with Crippen LogP contribution in [0.1, 0.15) is 61.4 Å². The van der Waals surface area contributed by atoms with Gasteiger partial charge < -0.3 is 0 Å². The van der Waals surface area contributed by atoms with E-state index in [0.717, 1.165) is 24.3 Å². The molecular formula is C16H21Cl2F. The first-order chi connectivity index (χ1) is 9.08. The molecule has 1 unspecified atom stereocenters. The second kappa shape index (κ2) is 6.95. The summed E-state index contributed by atoms with van der Waals surface area (Å²) in [5, 5.41) is 0.348. The second-order valence-corrected chi connectivity index (χ2v) is 6.61. The van der Waals surface area contributed by atoms with Crippen LogP contribution in [-0.2, 0) is 0 Å². The molecule has 0 amide bonds. The molecule has 1 aromatic rings. The van der Waals surface area contributed by atoms with E-state index in [-0.39, 0.29) is 11.2 Å². The number of aryl methyl sites for hydroxylation is 1. The van der Waals surface area contributed by atoms with Gasteiger partial charge in [-0.15, -0.1) is 11.6 Å². The van der Waals surface area contributed by atoms with Gasteiger partial charge in [0.15, 0.2) is 0 Å². The largest absolute Gasteiger partial charge is 0.207 e. The predicted octanol–water partition coefficient (Wildman–Crippen LogP) is 6.43. The smallest absolute Gasteiger partial charge is 0.127 e. The summed E-state index contributed by atoms with van der Waals surface area (Å²) in [5.74, 6) is 0.556. The van der Waals surface area contributed by atoms with Crippen molar-refractivity contribution in [1.82, 2.24) is 0 Å². The minimum absolute atomic E-state index is 0.103. The quantitative estimate of drug-likeness (QED) is 0.562. The minimum atomic E-state index is -0.259. The Kier molecular flexibility index (Phi) is 5.53. The fourth-order valence-corrected chi connectivity index (χ4v) is 3.58. The van der Waals surface area contributed by atoms with Crippen molar-refractivity contribution >= 4 is 23.2 Å². The van der Waals surface area contributed by atoms with E-state index in [0.29, 0.717) is 10.6 Å². The lowest BCUT2D eigenvalue weighted by Crippen LogP contribution is -2.07. The van der Waals surface area contributed by atoms with E-state index in [1.54, 1.807) is 13.0 Å². The highest BCUT2D eigenvalue weighted by Crippen LogP contribution is 2.36. The molecule has 1 saturated carbocycles. The van der Waals surface area contributed by atoms with E-state index >= 15 is 0 Å². The first-order valence-corrected chi connectivity index (χ1v) is 7.99. The van der Waals surface area contributed by atoms with Gasteiger partial charge in [0.25, 0.3) is 0 Å². The van der Waals surface area contributed by atoms with Crippen molar-refractivity contribution in [3.8, 4) is 0 Å². The third-order valence-electron chi connectivity index (χ3n) is 4.17. The van der Waals surface area contributed by atoms with Crippen molar-refractivity contribution in [2.45, 2.75) is 57.2 Å². The van der Waals surface area contributed by atoms with E-state index in [1.165, 1.54) is 38.2 Å². The highest BCUT2D eigenvalue weighted by atomic mass is 35.5. The molecule has 0 bridgehead atoms. The molecule has 0 saturated heterocycles. The van der Waals surface area contributed by atoms with Gasteiger partial charge in [-0.25, -0.2) is 4.39 Å². The van der Waals surface area contributed by atoms with Gasteiger partial charge in [-0.2, -0.15) is 0 Å². The van der Waals surface area contributed by atoms with Gasteiger partial charge in [0.2, 0.25) is 0 Å². The van der Waals surface area contributed by atoms with Gasteiger partial charge in [0, 0.05) is 5.02 Å². The zero-order chi connectivity index (χ0) is 13.8. The molecule has 106 valence electrons. The molecule has 0 N–H and O–H groups in total. The number of alkyl halides is 1. The summed E-state index contributed by atoms with van der Waals surface area (Å²) in [6, 6.07) is 3.17. The molecule has 1 aliphatic carbocycles. The molecular weight excluding hydrogens is 282 g/mol. The van der Waals surface area contributed by atoms with Crippen LogP contribution in [0.3, 0.4) is 0 Å². The van der Waals surface area contributed by atoms with Crippen molar-refractivity contribution in [1.29, 1.82) is 0 Å². The Morgan fingerprint density at radius 2 is 1.95 bits per heavy atom. The molecule has 0 aliphatic heterocycles. The highest BCUT2D eigenvalue weighted by Gasteiger charge is 2.18. The van der Waals surface area contributed by atoms with Crippen molar-refractivity contribution in [2.24, 2.45) is 5.92 Å². The first kappa shape index (κ1) is 15.1. The normalized spacial score (nSPS) is 18.5. The van der Waals surface area contributed by atoms with Crippen molar-refractivity contribution in [3.05, 3.63) is 34.1 Å². The maximum Gasteiger partial charge on any atom is 0.127 e. The maximum atomic E-state index is 13.4. The number of hydrogen-bond donors (Lipinski definition) is 0. The third-order valence-corrected chi connectivity index (χ3v) is 4.95. The highest BCUT2D eigenvalue weighted by molar-refractivity contribution is 6.32. The van der Waals surface area contributed by atoms with Crippen LogP contribution in [0.25, 0.3) is 0 Å². The first-order valence-electron chi connectivity index (χ1n) is 7.17. The molecule has 1 fully saturated rings. The van der Waals surface area contributed by atoms with Crippen LogP contribution >= 0.6 is 23.2 Å². The molecule has 1 aromatic carbocycles. The fraction of sp³-hybridized carbons (Fsp3) is 0.625. The van der Waals surface area contributed by atoms with Crippen LogP contribution in [-0.4, -0.2) is 0 Å². The van der Waals surface area contributed by atoms with Gasteiger partial charge >= 0.3 is 0 Å². The average molecular weight is 303 g/mol. The number of halogens is 3. The summed E-state index contributed by atoms with van der Waals surface area (Å²) < 4.78 is 13.4. The van der Waals surface area contributed by atoms with Gasteiger partial charge in [-0.3, -0.25) is 0 Å². The number of rotatable bonds is 4. The molecule has 1 aliphatic rings. The fourth-order valence-electron chi connectivity index (χ4n) is 2.93. The SMILES string of the molecule is Cc1cc(C(Cl)CCC2CCCCC2)c(Cl)cc1F. The van der Waals surface area contributed by atoms with E-state index in [2.05, 4.69) is 0 Å². The minimum Gasteiger partial charge on any atom is -0.207 e. The molecule has 0 aromatic heterocycles. The Morgan fingerprint density at radius 1 is 1.26 bits per heavy atom. The Balaban J connectivity index is 1.95. The van der Waals surface area contributed by atoms with Gasteiger partial charge in [-0.1, -0.05) is 49.8 Å². The number of benzene rings is 1. The van der Waals surface area contributed by atoms with Crippen LogP contribution in [0, 0.1) is 18.7 Å². The molecule has 2 rings (SSSR count). The molecule has 0 heterocycles. The summed E-state index contributed by atoms with van der Waals surface area (Å²) in [6.45, 7) is 1.75. The molecule has 0 spiro atoms. The standard InChI is InChI=1S/C16H21Cl2F/c1-11-9-13(15(18)10-16(11)19)14(17)8-7-12-5-3-2-4-6-12/h9-10,12,14H,2-8H2,1H3. The van der Waals surface area contributed by atoms with Crippen molar-refractivity contribution in [3.63, 3.8) is 0 Å². The van der Waals surface area contributed by atoms with E-state index in [9.17, 15) is 4.39 Å². The number of hydrogen-bond acceptors (Lipinski definition) is 0. The van der Waals surface area contributed by atoms with Crippen LogP contribution in [0.5, 0.6) is 0 Å². The Hall–Kier alpha value is -0.270. The lowest BCUT2D eigenvalue weighted by Gasteiger charge is -2.22. The summed E-state index contributed by atoms with van der Waals surface area (Å²) in [6.07, 6.45) is 8.84. The maximum absolute atomic E-state index is 13.4. The lowest BCUT2D eigenvalue weighted by molar-refractivity contribution is 0.331. The van der Waals surface area contributed by atoms with Crippen molar-refractivity contribution < 1.29 is 4.39 Å². The molecule has 19 heavy (non-hydrogen) atoms. The van der Waals surface area contributed by atoms with Gasteiger partial charge in [0.05, 0.1) is 5.38 Å². The van der Waals surface area contributed by atoms with E-state index in [4.69, 9.17) is 23.2 Å². The second-order valence-electron chi connectivity index (χ2n) is 5.67. The Labute approximate surface area is 125 Å². The topological polar surface area (TPSA) is 0 Å². The van der Waals surface area contributed by atoms with Crippen LogP contribution in [0.4, 0.5) is 4.39 Å². The average Bonchev–Trinajstić information content (AvgIpc) is 2.41. The van der Waals surface area contributed by atoms with Crippen LogP contribution in [0.15, 0.2) is 12.1 Å². The summed E-state index contributed by atoms with van der Waals surface area (Å²) in [7, 11) is 0. The van der Waals surface area contributed by atoms with Gasteiger partial charge in [-0.05, 0) is 42.9 Å². The zero-order valence-corrected chi connectivity index (χ0v) is 12.9. The van der Waals surface area contributed by atoms with Gasteiger partial charge in [0.1, 0.15) is 5.82 Å². The van der Waals surface area contributed by atoms with E-state index < -0.39 is 0 Å². The summed E-state index contributed by atoms with van der Waals surface area (Å²) in [5.41, 5.74) is 1.49. The zero-order valence-electron chi connectivity index (χ0n) is 11.4.